The first-order chi connectivity index (χ1) is 21.3. The van der Waals surface area contributed by atoms with Crippen LogP contribution >= 0.6 is 11.6 Å². The van der Waals surface area contributed by atoms with E-state index in [1.54, 1.807) is 25.1 Å². The molecule has 3 aliphatic rings. The lowest BCUT2D eigenvalue weighted by Crippen LogP contribution is -2.36. The number of aromatic nitrogens is 2. The molecule has 0 spiro atoms. The molecule has 0 aliphatic carbocycles. The molecule has 2 fully saturated rings. The topological polar surface area (TPSA) is 75.0 Å². The van der Waals surface area contributed by atoms with Crippen LogP contribution in [0.4, 0.5) is 4.39 Å². The Kier molecular flexibility index (Phi) is 7.72. The Morgan fingerprint density at radius 3 is 2.66 bits per heavy atom. The number of halogens is 2. The minimum atomic E-state index is -1.26. The maximum atomic E-state index is 14.8. The van der Waals surface area contributed by atoms with Crippen LogP contribution in [0.1, 0.15) is 53.5 Å². The summed E-state index contributed by atoms with van der Waals surface area (Å²) in [5.41, 5.74) is 3.70. The highest BCUT2D eigenvalue weighted by molar-refractivity contribution is 6.30. The second-order valence-corrected chi connectivity index (χ2v) is 12.5. The van der Waals surface area contributed by atoms with E-state index < -0.39 is 11.6 Å². The standard InChI is InChI=1S/C34H35ClFN3O5/c1-34(26-8-7-24(35)18-27(26)36)43-30-5-3-4-22(32(30)44-34)16-21-10-13-38(14-11-21)20-31-37-28-9-6-23(33(40)41-2)17-29(28)39(31)19-25-12-15-42-25/h3-9,17-18,21,25H,10-16,19-20H2,1-2H3. The van der Waals surface area contributed by atoms with Crippen molar-refractivity contribution in [3.63, 3.8) is 0 Å². The highest BCUT2D eigenvalue weighted by Crippen LogP contribution is 2.47. The van der Waals surface area contributed by atoms with Crippen LogP contribution in [-0.2, 0) is 34.8 Å². The van der Waals surface area contributed by atoms with Gasteiger partial charge >= 0.3 is 5.97 Å². The second kappa shape index (κ2) is 11.7. The number of carbonyl (C=O) groups is 1. The third kappa shape index (κ3) is 5.53. The van der Waals surface area contributed by atoms with Gasteiger partial charge in [0.25, 0.3) is 5.79 Å². The Hall–Kier alpha value is -3.66. The van der Waals surface area contributed by atoms with Gasteiger partial charge in [0.1, 0.15) is 11.6 Å². The smallest absolute Gasteiger partial charge is 0.337 e. The maximum absolute atomic E-state index is 14.8. The van der Waals surface area contributed by atoms with Crippen molar-refractivity contribution in [2.24, 2.45) is 5.92 Å². The molecule has 7 rings (SSSR count). The van der Waals surface area contributed by atoms with Gasteiger partial charge in [0.2, 0.25) is 0 Å². The SMILES string of the molecule is COC(=O)c1ccc2nc(CN3CCC(Cc4cccc5c4OC(C)(c4ccc(Cl)cc4F)O5)CC3)n(CC3CCO3)c2c1. The normalized spacial score (nSPS) is 21.9. The average molecular weight is 620 g/mol. The van der Waals surface area contributed by atoms with E-state index in [-0.39, 0.29) is 12.1 Å². The Balaban J connectivity index is 1.03. The van der Waals surface area contributed by atoms with E-state index in [9.17, 15) is 9.18 Å². The fourth-order valence-corrected chi connectivity index (χ4v) is 6.70. The first kappa shape index (κ1) is 29.1. The zero-order valence-electron chi connectivity index (χ0n) is 24.9. The summed E-state index contributed by atoms with van der Waals surface area (Å²) in [7, 11) is 1.40. The summed E-state index contributed by atoms with van der Waals surface area (Å²) in [5.74, 6) is 0.697. The number of fused-ring (bicyclic) bond motifs is 2. The summed E-state index contributed by atoms with van der Waals surface area (Å²) in [4.78, 5) is 19.6. The number of rotatable bonds is 8. The molecule has 2 atom stereocenters. The van der Waals surface area contributed by atoms with Gasteiger partial charge in [0.15, 0.2) is 11.5 Å². The van der Waals surface area contributed by atoms with Gasteiger partial charge in [-0.25, -0.2) is 14.2 Å². The van der Waals surface area contributed by atoms with Crippen molar-refractivity contribution in [1.82, 2.24) is 14.5 Å². The lowest BCUT2D eigenvalue weighted by Gasteiger charge is -2.32. The molecule has 0 radical (unpaired) electrons. The molecule has 4 aromatic rings. The molecule has 0 bridgehead atoms. The van der Waals surface area contributed by atoms with E-state index in [0.717, 1.165) is 74.3 Å². The van der Waals surface area contributed by atoms with Gasteiger partial charge in [-0.3, -0.25) is 4.90 Å². The van der Waals surface area contributed by atoms with Crippen LogP contribution in [0.3, 0.4) is 0 Å². The Morgan fingerprint density at radius 1 is 1.11 bits per heavy atom. The third-order valence-electron chi connectivity index (χ3n) is 9.09. The van der Waals surface area contributed by atoms with E-state index >= 15 is 0 Å². The summed E-state index contributed by atoms with van der Waals surface area (Å²) in [6, 6.07) is 16.0. The maximum Gasteiger partial charge on any atom is 0.337 e. The van der Waals surface area contributed by atoms with Crippen LogP contribution in [0.2, 0.25) is 5.02 Å². The lowest BCUT2D eigenvalue weighted by molar-refractivity contribution is -0.0711. The Bertz CT molecular complexity index is 1710. The fraction of sp³-hybridized carbons (Fsp3) is 0.412. The quantitative estimate of drug-likeness (QED) is 0.208. The van der Waals surface area contributed by atoms with Crippen LogP contribution in [0.15, 0.2) is 54.6 Å². The van der Waals surface area contributed by atoms with E-state index in [4.69, 9.17) is 35.5 Å². The molecule has 1 aromatic heterocycles. The Morgan fingerprint density at radius 2 is 1.93 bits per heavy atom. The van der Waals surface area contributed by atoms with Crippen LogP contribution < -0.4 is 9.47 Å². The molecular formula is C34H35ClFN3O5. The second-order valence-electron chi connectivity index (χ2n) is 12.1. The molecule has 0 amide bonds. The number of esters is 1. The molecule has 3 aromatic carbocycles. The molecule has 2 unspecified atom stereocenters. The molecule has 44 heavy (non-hydrogen) atoms. The zero-order chi connectivity index (χ0) is 30.4. The van der Waals surface area contributed by atoms with Gasteiger partial charge in [0, 0.05) is 18.6 Å². The van der Waals surface area contributed by atoms with Gasteiger partial charge in [-0.1, -0.05) is 23.7 Å². The number of piperidine rings is 1. The molecule has 10 heteroatoms. The lowest BCUT2D eigenvalue weighted by atomic mass is 9.89. The number of hydrogen-bond donors (Lipinski definition) is 0. The number of ether oxygens (including phenoxy) is 4. The summed E-state index contributed by atoms with van der Waals surface area (Å²) >= 11 is 5.97. The van der Waals surface area contributed by atoms with Crippen molar-refractivity contribution < 1.29 is 28.1 Å². The first-order valence-corrected chi connectivity index (χ1v) is 15.5. The highest BCUT2D eigenvalue weighted by atomic mass is 35.5. The van der Waals surface area contributed by atoms with Crippen molar-refractivity contribution >= 4 is 28.6 Å². The molecule has 8 nitrogen and oxygen atoms in total. The highest BCUT2D eigenvalue weighted by Gasteiger charge is 2.42. The van der Waals surface area contributed by atoms with E-state index in [1.165, 1.54) is 13.2 Å². The van der Waals surface area contributed by atoms with Crippen LogP contribution in [0, 0.1) is 11.7 Å². The van der Waals surface area contributed by atoms with Crippen LogP contribution in [0.5, 0.6) is 11.5 Å². The summed E-state index contributed by atoms with van der Waals surface area (Å²) < 4.78 is 40.2. The molecule has 4 heterocycles. The third-order valence-corrected chi connectivity index (χ3v) is 9.33. The van der Waals surface area contributed by atoms with Crippen molar-refractivity contribution in [2.45, 2.75) is 57.6 Å². The largest absolute Gasteiger partial charge is 0.465 e. The summed E-state index contributed by atoms with van der Waals surface area (Å²) in [6.45, 7) is 5.86. The number of carbonyl (C=O) groups excluding carboxylic acids is 1. The molecule has 3 aliphatic heterocycles. The van der Waals surface area contributed by atoms with Gasteiger partial charge in [-0.05, 0) is 92.7 Å². The number of hydrogen-bond acceptors (Lipinski definition) is 7. The summed E-state index contributed by atoms with van der Waals surface area (Å²) in [5, 5.41) is 0.328. The number of benzene rings is 3. The minimum Gasteiger partial charge on any atom is -0.465 e. The van der Waals surface area contributed by atoms with Gasteiger partial charge in [-0.15, -0.1) is 0 Å². The minimum absolute atomic E-state index is 0.163. The van der Waals surface area contributed by atoms with E-state index in [2.05, 4.69) is 15.5 Å². The van der Waals surface area contributed by atoms with Gasteiger partial charge in [0.05, 0.1) is 48.5 Å². The van der Waals surface area contributed by atoms with Crippen molar-refractivity contribution in [3.05, 3.63) is 88.0 Å². The van der Waals surface area contributed by atoms with Crippen molar-refractivity contribution in [2.75, 3.05) is 26.8 Å². The Labute approximate surface area is 260 Å². The number of imidazole rings is 1. The molecule has 0 N–H and O–H groups in total. The van der Waals surface area contributed by atoms with E-state index in [0.29, 0.717) is 40.1 Å². The van der Waals surface area contributed by atoms with Gasteiger partial charge < -0.3 is 23.5 Å². The number of likely N-dealkylation sites (tertiary alicyclic amines) is 1. The monoisotopic (exact) mass is 619 g/mol. The van der Waals surface area contributed by atoms with Crippen molar-refractivity contribution in [3.8, 4) is 11.5 Å². The average Bonchev–Trinajstić information content (AvgIpc) is 3.52. The predicted molar refractivity (Wildman–Crippen MR) is 164 cm³/mol. The molecule has 230 valence electrons. The summed E-state index contributed by atoms with van der Waals surface area (Å²) in [6.07, 6.45) is 4.11. The number of para-hydroxylation sites is 1. The van der Waals surface area contributed by atoms with Crippen molar-refractivity contribution in [1.29, 1.82) is 0 Å². The van der Waals surface area contributed by atoms with Crippen LogP contribution in [-0.4, -0.2) is 53.3 Å². The van der Waals surface area contributed by atoms with E-state index in [1.807, 2.05) is 24.3 Å². The predicted octanol–water partition coefficient (Wildman–Crippen LogP) is 6.50. The van der Waals surface area contributed by atoms with Crippen LogP contribution in [0.25, 0.3) is 11.0 Å². The number of nitrogens with zero attached hydrogens (tertiary/aromatic N) is 3. The number of methoxy groups -OCH3 is 1. The molecule has 0 saturated carbocycles. The molecular weight excluding hydrogens is 585 g/mol. The van der Waals surface area contributed by atoms with Gasteiger partial charge in [-0.2, -0.15) is 0 Å². The fourth-order valence-electron chi connectivity index (χ4n) is 6.55. The molecule has 2 saturated heterocycles. The first-order valence-electron chi connectivity index (χ1n) is 15.2. The zero-order valence-corrected chi connectivity index (χ0v) is 25.6.